The molecule has 1 heterocycles. The summed E-state index contributed by atoms with van der Waals surface area (Å²) in [7, 11) is -3.58. The first-order valence-electron chi connectivity index (χ1n) is 7.00. The predicted octanol–water partition coefficient (Wildman–Crippen LogP) is 1.61. The molecule has 1 aliphatic carbocycles. The highest BCUT2D eigenvalue weighted by molar-refractivity contribution is 7.89. The molecule has 0 bridgehead atoms. The Morgan fingerprint density at radius 3 is 2.65 bits per heavy atom. The highest BCUT2D eigenvalue weighted by Gasteiger charge is 2.26. The number of hydrogen-bond donors (Lipinski definition) is 3. The molecule has 1 aromatic heterocycles. The van der Waals surface area contributed by atoms with Gasteiger partial charge in [0.05, 0.1) is 0 Å². The fourth-order valence-electron chi connectivity index (χ4n) is 2.69. The number of sulfonamides is 1. The maximum atomic E-state index is 12.4. The first-order valence-corrected chi connectivity index (χ1v) is 8.49. The van der Waals surface area contributed by atoms with Gasteiger partial charge in [-0.2, -0.15) is 0 Å². The van der Waals surface area contributed by atoms with Gasteiger partial charge in [-0.05, 0) is 43.7 Å². The minimum absolute atomic E-state index is 0.00799. The fourth-order valence-corrected chi connectivity index (χ4v) is 4.11. The van der Waals surface area contributed by atoms with Crippen LogP contribution in [0.2, 0.25) is 0 Å². The number of nitrogens with zero attached hydrogens (tertiary/aromatic N) is 1. The number of nitrogens with two attached hydrogens (primary N) is 1. The summed E-state index contributed by atoms with van der Waals surface area (Å²) >= 11 is 0. The van der Waals surface area contributed by atoms with Crippen molar-refractivity contribution in [2.24, 2.45) is 11.8 Å². The Labute approximate surface area is 120 Å². The van der Waals surface area contributed by atoms with Crippen LogP contribution < -0.4 is 16.0 Å². The minimum atomic E-state index is -3.58. The highest BCUT2D eigenvalue weighted by atomic mass is 32.2. The maximum Gasteiger partial charge on any atom is 0.244 e. The Balaban J connectivity index is 2.08. The van der Waals surface area contributed by atoms with Gasteiger partial charge in [0.2, 0.25) is 10.0 Å². The molecule has 0 amide bonds. The number of anilines is 1. The van der Waals surface area contributed by atoms with E-state index in [0.717, 1.165) is 31.6 Å². The van der Waals surface area contributed by atoms with Gasteiger partial charge in [-0.1, -0.05) is 13.3 Å². The SMILES string of the molecule is CCC1CCC(NS(=O)(=O)c2cccnc2NN)CC1. The van der Waals surface area contributed by atoms with Crippen molar-refractivity contribution < 1.29 is 8.42 Å². The smallest absolute Gasteiger partial charge is 0.244 e. The zero-order chi connectivity index (χ0) is 14.6. The van der Waals surface area contributed by atoms with Crippen LogP contribution in [0.3, 0.4) is 0 Å². The average molecular weight is 298 g/mol. The molecule has 0 aromatic carbocycles. The van der Waals surface area contributed by atoms with Gasteiger partial charge in [0.25, 0.3) is 0 Å². The Hall–Kier alpha value is -1.18. The number of nitrogen functional groups attached to an aromatic ring is 1. The predicted molar refractivity (Wildman–Crippen MR) is 78.4 cm³/mol. The third kappa shape index (κ3) is 3.47. The summed E-state index contributed by atoms with van der Waals surface area (Å²) < 4.78 is 27.5. The molecular formula is C13H22N4O2S. The van der Waals surface area contributed by atoms with E-state index >= 15 is 0 Å². The number of hydrogen-bond acceptors (Lipinski definition) is 5. The van der Waals surface area contributed by atoms with E-state index in [1.165, 1.54) is 18.7 Å². The van der Waals surface area contributed by atoms with Crippen molar-refractivity contribution >= 4 is 15.8 Å². The van der Waals surface area contributed by atoms with E-state index in [-0.39, 0.29) is 16.8 Å². The second kappa shape index (κ2) is 6.51. The molecule has 1 aliphatic rings. The van der Waals surface area contributed by atoms with E-state index in [2.05, 4.69) is 22.1 Å². The van der Waals surface area contributed by atoms with Gasteiger partial charge in [-0.3, -0.25) is 0 Å². The summed E-state index contributed by atoms with van der Waals surface area (Å²) in [6, 6.07) is 3.10. The van der Waals surface area contributed by atoms with Crippen LogP contribution in [-0.4, -0.2) is 19.4 Å². The molecular weight excluding hydrogens is 276 g/mol. The number of aromatic nitrogens is 1. The van der Waals surface area contributed by atoms with E-state index in [0.29, 0.717) is 0 Å². The van der Waals surface area contributed by atoms with Crippen LogP contribution in [0.1, 0.15) is 39.0 Å². The van der Waals surface area contributed by atoms with Gasteiger partial charge in [0, 0.05) is 12.2 Å². The number of rotatable bonds is 5. The van der Waals surface area contributed by atoms with Crippen LogP contribution in [0.5, 0.6) is 0 Å². The van der Waals surface area contributed by atoms with Gasteiger partial charge >= 0.3 is 0 Å². The molecule has 4 N–H and O–H groups in total. The zero-order valence-corrected chi connectivity index (χ0v) is 12.5. The van der Waals surface area contributed by atoms with Crippen LogP contribution in [0, 0.1) is 5.92 Å². The van der Waals surface area contributed by atoms with Crippen molar-refractivity contribution in [3.05, 3.63) is 18.3 Å². The van der Waals surface area contributed by atoms with Crippen LogP contribution in [-0.2, 0) is 10.0 Å². The molecule has 20 heavy (non-hydrogen) atoms. The van der Waals surface area contributed by atoms with E-state index in [4.69, 9.17) is 5.84 Å². The van der Waals surface area contributed by atoms with Gasteiger partial charge < -0.3 is 5.43 Å². The monoisotopic (exact) mass is 298 g/mol. The van der Waals surface area contributed by atoms with Gasteiger partial charge in [0.15, 0.2) is 5.82 Å². The van der Waals surface area contributed by atoms with Gasteiger partial charge in [-0.15, -0.1) is 0 Å². The number of nitrogens with one attached hydrogen (secondary N) is 2. The normalized spacial score (nSPS) is 23.5. The lowest BCUT2D eigenvalue weighted by Crippen LogP contribution is -2.38. The van der Waals surface area contributed by atoms with Crippen molar-refractivity contribution in [3.8, 4) is 0 Å². The molecule has 1 aromatic rings. The van der Waals surface area contributed by atoms with Gasteiger partial charge in [-0.25, -0.2) is 24.0 Å². The molecule has 0 unspecified atom stereocenters. The van der Waals surface area contributed by atoms with E-state index < -0.39 is 10.0 Å². The standard InChI is InChI=1S/C13H22N4O2S/c1-2-10-5-7-11(8-6-10)17-20(18,19)12-4-3-9-15-13(12)16-14/h3-4,9-11,17H,2,5-8,14H2,1H3,(H,15,16). The topological polar surface area (TPSA) is 97.1 Å². The number of pyridine rings is 1. The Morgan fingerprint density at radius 1 is 1.35 bits per heavy atom. The molecule has 6 nitrogen and oxygen atoms in total. The fraction of sp³-hybridized carbons (Fsp3) is 0.615. The molecule has 112 valence electrons. The second-order valence-electron chi connectivity index (χ2n) is 5.24. The van der Waals surface area contributed by atoms with Crippen molar-refractivity contribution in [2.75, 3.05) is 5.43 Å². The molecule has 2 rings (SSSR count). The summed E-state index contributed by atoms with van der Waals surface area (Å²) in [5.41, 5.74) is 2.32. The maximum absolute atomic E-state index is 12.4. The lowest BCUT2D eigenvalue weighted by Gasteiger charge is -2.28. The summed E-state index contributed by atoms with van der Waals surface area (Å²) in [5, 5.41) is 0. The summed E-state index contributed by atoms with van der Waals surface area (Å²) in [6.45, 7) is 2.18. The van der Waals surface area contributed by atoms with Crippen molar-refractivity contribution in [2.45, 2.75) is 50.0 Å². The molecule has 1 fully saturated rings. The molecule has 7 heteroatoms. The molecule has 0 radical (unpaired) electrons. The van der Waals surface area contributed by atoms with E-state index in [9.17, 15) is 8.42 Å². The third-order valence-electron chi connectivity index (χ3n) is 3.94. The minimum Gasteiger partial charge on any atom is -0.307 e. The Bertz CT molecular complexity index is 539. The average Bonchev–Trinajstić information content (AvgIpc) is 2.47. The lowest BCUT2D eigenvalue weighted by molar-refractivity contribution is 0.306. The summed E-state index contributed by atoms with van der Waals surface area (Å²) in [4.78, 5) is 4.02. The molecule has 0 spiro atoms. The highest BCUT2D eigenvalue weighted by Crippen LogP contribution is 2.28. The Kier molecular flexibility index (Phi) is 4.95. The second-order valence-corrected chi connectivity index (χ2v) is 6.92. The molecule has 0 aliphatic heterocycles. The quantitative estimate of drug-likeness (QED) is 0.567. The number of hydrazine groups is 1. The van der Waals surface area contributed by atoms with E-state index in [1.54, 1.807) is 6.07 Å². The largest absolute Gasteiger partial charge is 0.307 e. The molecule has 0 saturated heterocycles. The molecule has 0 atom stereocenters. The van der Waals surface area contributed by atoms with E-state index in [1.807, 2.05) is 0 Å². The Morgan fingerprint density at radius 2 is 2.05 bits per heavy atom. The third-order valence-corrected chi connectivity index (χ3v) is 5.49. The van der Waals surface area contributed by atoms with Crippen molar-refractivity contribution in [3.63, 3.8) is 0 Å². The zero-order valence-electron chi connectivity index (χ0n) is 11.7. The first-order chi connectivity index (χ1) is 9.56. The van der Waals surface area contributed by atoms with Crippen molar-refractivity contribution in [1.29, 1.82) is 0 Å². The summed E-state index contributed by atoms with van der Waals surface area (Å²) in [5.74, 6) is 6.21. The molecule has 1 saturated carbocycles. The first kappa shape index (κ1) is 15.2. The van der Waals surface area contributed by atoms with Crippen LogP contribution >= 0.6 is 0 Å². The van der Waals surface area contributed by atoms with Gasteiger partial charge in [0.1, 0.15) is 4.90 Å². The van der Waals surface area contributed by atoms with Crippen LogP contribution in [0.15, 0.2) is 23.2 Å². The van der Waals surface area contributed by atoms with Crippen LogP contribution in [0.25, 0.3) is 0 Å². The lowest BCUT2D eigenvalue weighted by atomic mass is 9.85. The van der Waals surface area contributed by atoms with Crippen LogP contribution in [0.4, 0.5) is 5.82 Å². The van der Waals surface area contributed by atoms with Crippen molar-refractivity contribution in [1.82, 2.24) is 9.71 Å². The summed E-state index contributed by atoms with van der Waals surface area (Å²) in [6.07, 6.45) is 6.62.